The molecule has 1 amide bonds. The predicted molar refractivity (Wildman–Crippen MR) is 76.6 cm³/mol. The van der Waals surface area contributed by atoms with Gasteiger partial charge in [-0.05, 0) is 25.0 Å². The van der Waals surface area contributed by atoms with E-state index in [4.69, 9.17) is 4.74 Å². The van der Waals surface area contributed by atoms with Crippen molar-refractivity contribution in [1.29, 1.82) is 0 Å². The molecule has 1 unspecified atom stereocenters. The second kappa shape index (κ2) is 7.95. The molecule has 0 radical (unpaired) electrons. The van der Waals surface area contributed by atoms with Gasteiger partial charge >= 0.3 is 0 Å². The summed E-state index contributed by atoms with van der Waals surface area (Å²) in [6.07, 6.45) is 1.33. The number of amides is 1. The number of nitrogens with zero attached hydrogens (tertiary/aromatic N) is 1. The van der Waals surface area contributed by atoms with Crippen LogP contribution in [0.2, 0.25) is 0 Å². The maximum atomic E-state index is 13.3. The molecule has 1 aliphatic heterocycles. The molecule has 2 N–H and O–H groups in total. The summed E-state index contributed by atoms with van der Waals surface area (Å²) in [7, 11) is 0. The fraction of sp³-hybridized carbons (Fsp3) is 0.533. The first-order chi connectivity index (χ1) is 10.2. The van der Waals surface area contributed by atoms with Gasteiger partial charge in [0.2, 0.25) is 5.91 Å². The van der Waals surface area contributed by atoms with Crippen molar-refractivity contribution in [2.45, 2.75) is 18.9 Å². The van der Waals surface area contributed by atoms with Crippen LogP contribution in [-0.2, 0) is 4.79 Å². The van der Waals surface area contributed by atoms with E-state index in [0.29, 0.717) is 0 Å². The minimum atomic E-state index is -0.795. The van der Waals surface area contributed by atoms with Crippen LogP contribution in [0.4, 0.5) is 4.39 Å². The number of hydrogen-bond acceptors (Lipinski definition) is 4. The zero-order valence-corrected chi connectivity index (χ0v) is 11.9. The Hall–Kier alpha value is -1.66. The van der Waals surface area contributed by atoms with Crippen LogP contribution < -0.4 is 10.1 Å². The second-order valence-corrected chi connectivity index (χ2v) is 5.11. The van der Waals surface area contributed by atoms with Gasteiger partial charge in [-0.1, -0.05) is 12.1 Å². The van der Waals surface area contributed by atoms with Crippen LogP contribution in [0.3, 0.4) is 0 Å². The molecule has 6 heteroatoms. The molecule has 0 aromatic heterocycles. The van der Waals surface area contributed by atoms with Gasteiger partial charge in [-0.2, -0.15) is 0 Å². The van der Waals surface area contributed by atoms with Crippen molar-refractivity contribution < 1.29 is 19.0 Å². The van der Waals surface area contributed by atoms with E-state index in [9.17, 15) is 14.3 Å². The lowest BCUT2D eigenvalue weighted by atomic mass is 10.3. The summed E-state index contributed by atoms with van der Waals surface area (Å²) >= 11 is 0. The van der Waals surface area contributed by atoms with Gasteiger partial charge in [0.05, 0.1) is 6.54 Å². The molecule has 2 rings (SSSR count). The van der Waals surface area contributed by atoms with Crippen molar-refractivity contribution >= 4 is 5.91 Å². The van der Waals surface area contributed by atoms with E-state index >= 15 is 0 Å². The number of benzene rings is 1. The van der Waals surface area contributed by atoms with Crippen LogP contribution in [0.5, 0.6) is 5.75 Å². The van der Waals surface area contributed by atoms with Crippen LogP contribution in [-0.4, -0.2) is 54.8 Å². The number of para-hydroxylation sites is 1. The zero-order chi connectivity index (χ0) is 15.1. The van der Waals surface area contributed by atoms with Crippen molar-refractivity contribution in [2.75, 3.05) is 32.8 Å². The molecular formula is C15H21FN2O3. The Balaban J connectivity index is 1.62. The van der Waals surface area contributed by atoms with Crippen molar-refractivity contribution in [2.24, 2.45) is 0 Å². The van der Waals surface area contributed by atoms with E-state index in [1.807, 2.05) is 4.90 Å². The third kappa shape index (κ3) is 4.99. The van der Waals surface area contributed by atoms with E-state index in [1.165, 1.54) is 12.1 Å². The number of carbonyl (C=O) groups is 1. The Labute approximate surface area is 123 Å². The normalized spacial score (nSPS) is 16.0. The lowest BCUT2D eigenvalue weighted by Crippen LogP contribution is -2.40. The number of rotatable bonds is 7. The smallest absolute Gasteiger partial charge is 0.236 e. The number of carbonyl (C=O) groups excluding carboxylic acids is 1. The van der Waals surface area contributed by atoms with Gasteiger partial charge in [-0.15, -0.1) is 0 Å². The number of halogens is 1. The highest BCUT2D eigenvalue weighted by atomic mass is 19.1. The highest BCUT2D eigenvalue weighted by molar-refractivity contribution is 5.78. The van der Waals surface area contributed by atoms with Crippen molar-refractivity contribution in [3.63, 3.8) is 0 Å². The summed E-state index contributed by atoms with van der Waals surface area (Å²) in [5.74, 6) is -0.290. The average molecular weight is 296 g/mol. The summed E-state index contributed by atoms with van der Waals surface area (Å²) in [5, 5.41) is 12.6. The van der Waals surface area contributed by atoms with Gasteiger partial charge in [-0.25, -0.2) is 4.39 Å². The molecule has 21 heavy (non-hydrogen) atoms. The maximum Gasteiger partial charge on any atom is 0.236 e. The first kappa shape index (κ1) is 15.7. The number of aliphatic hydroxyl groups is 1. The molecule has 1 atom stereocenters. The zero-order valence-electron chi connectivity index (χ0n) is 11.9. The van der Waals surface area contributed by atoms with Gasteiger partial charge in [0.25, 0.3) is 0 Å². The topological polar surface area (TPSA) is 61.8 Å². The molecule has 1 aromatic rings. The molecule has 0 aliphatic carbocycles. The van der Waals surface area contributed by atoms with E-state index in [0.717, 1.165) is 25.9 Å². The fourth-order valence-corrected chi connectivity index (χ4v) is 2.23. The van der Waals surface area contributed by atoms with Crippen LogP contribution in [0, 0.1) is 5.82 Å². The van der Waals surface area contributed by atoms with Crippen LogP contribution in [0.1, 0.15) is 12.8 Å². The van der Waals surface area contributed by atoms with Crippen molar-refractivity contribution in [1.82, 2.24) is 10.2 Å². The summed E-state index contributed by atoms with van der Waals surface area (Å²) < 4.78 is 18.5. The van der Waals surface area contributed by atoms with Gasteiger partial charge in [-0.3, -0.25) is 4.79 Å². The molecular weight excluding hydrogens is 275 g/mol. The minimum absolute atomic E-state index is 0.0220. The molecule has 116 valence electrons. The molecule has 1 aromatic carbocycles. The molecule has 1 aliphatic rings. The molecule has 1 fully saturated rings. The Morgan fingerprint density at radius 2 is 2.10 bits per heavy atom. The van der Waals surface area contributed by atoms with Crippen molar-refractivity contribution in [3.05, 3.63) is 30.1 Å². The first-order valence-electron chi connectivity index (χ1n) is 7.20. The second-order valence-electron chi connectivity index (χ2n) is 5.11. The Morgan fingerprint density at radius 3 is 2.81 bits per heavy atom. The monoisotopic (exact) mass is 296 g/mol. The third-order valence-electron chi connectivity index (χ3n) is 3.38. The number of nitrogens with one attached hydrogen (secondary N) is 1. The van der Waals surface area contributed by atoms with Crippen LogP contribution in [0.25, 0.3) is 0 Å². The number of likely N-dealkylation sites (tertiary alicyclic amines) is 1. The third-order valence-corrected chi connectivity index (χ3v) is 3.38. The Kier molecular flexibility index (Phi) is 5.95. The largest absolute Gasteiger partial charge is 0.488 e. The SMILES string of the molecule is O=C(CNCC(O)COc1ccccc1F)N1CCCC1. The fourth-order valence-electron chi connectivity index (χ4n) is 2.23. The standard InChI is InChI=1S/C15H21FN2O3/c16-13-5-1-2-6-14(13)21-11-12(19)9-17-10-15(20)18-7-3-4-8-18/h1-2,5-6,12,17,19H,3-4,7-11H2. The molecule has 1 saturated heterocycles. The highest BCUT2D eigenvalue weighted by Crippen LogP contribution is 2.15. The Morgan fingerprint density at radius 1 is 1.38 bits per heavy atom. The van der Waals surface area contributed by atoms with Crippen LogP contribution >= 0.6 is 0 Å². The number of ether oxygens (including phenoxy) is 1. The highest BCUT2D eigenvalue weighted by Gasteiger charge is 2.17. The molecule has 0 bridgehead atoms. The number of hydrogen-bond donors (Lipinski definition) is 2. The number of aliphatic hydroxyl groups excluding tert-OH is 1. The van der Waals surface area contributed by atoms with Crippen molar-refractivity contribution in [3.8, 4) is 5.75 Å². The van der Waals surface area contributed by atoms with Gasteiger partial charge in [0, 0.05) is 19.6 Å². The van der Waals surface area contributed by atoms with E-state index in [-0.39, 0.29) is 31.4 Å². The van der Waals surface area contributed by atoms with Gasteiger partial charge in [0.1, 0.15) is 12.7 Å². The molecule has 0 spiro atoms. The summed E-state index contributed by atoms with van der Waals surface area (Å²) in [4.78, 5) is 13.6. The lowest BCUT2D eigenvalue weighted by molar-refractivity contribution is -0.129. The molecule has 5 nitrogen and oxygen atoms in total. The van der Waals surface area contributed by atoms with E-state index in [2.05, 4.69) is 5.32 Å². The average Bonchev–Trinajstić information content (AvgIpc) is 3.00. The molecule has 1 heterocycles. The lowest BCUT2D eigenvalue weighted by Gasteiger charge is -2.17. The van der Waals surface area contributed by atoms with Gasteiger partial charge < -0.3 is 20.1 Å². The van der Waals surface area contributed by atoms with Crippen LogP contribution in [0.15, 0.2) is 24.3 Å². The summed E-state index contributed by atoms with van der Waals surface area (Å²) in [6, 6.07) is 6.04. The Bertz CT molecular complexity index is 464. The summed E-state index contributed by atoms with van der Waals surface area (Å²) in [5.41, 5.74) is 0. The first-order valence-corrected chi connectivity index (χ1v) is 7.20. The van der Waals surface area contributed by atoms with E-state index in [1.54, 1.807) is 12.1 Å². The quantitative estimate of drug-likeness (QED) is 0.780. The summed E-state index contributed by atoms with van der Waals surface area (Å²) in [6.45, 7) is 2.05. The molecule has 0 saturated carbocycles. The maximum absolute atomic E-state index is 13.3. The van der Waals surface area contributed by atoms with Gasteiger partial charge in [0.15, 0.2) is 11.6 Å². The van der Waals surface area contributed by atoms with E-state index < -0.39 is 11.9 Å². The predicted octanol–water partition coefficient (Wildman–Crippen LogP) is 0.777. The minimum Gasteiger partial charge on any atom is -0.488 e.